The molecule has 2 rings (SSSR count). The first-order valence-electron chi connectivity index (χ1n) is 6.59. The van der Waals surface area contributed by atoms with Crippen molar-refractivity contribution in [1.29, 1.82) is 0 Å². The lowest BCUT2D eigenvalue weighted by atomic mass is 9.88. The summed E-state index contributed by atoms with van der Waals surface area (Å²) in [6.07, 6.45) is 1.59. The standard InChI is InChI=1S/C14H15B2NO4/c1-17-8-12(13(18)9-17)14(19)21-16(20)6-5-10-3-2-4-11(15)7-10/h2-7,12,20H,8-9H2,1H3/b6-5+. The highest BCUT2D eigenvalue weighted by Gasteiger charge is 2.36. The number of hydrogen-bond donors (Lipinski definition) is 1. The smallest absolute Gasteiger partial charge is 0.506 e. The second kappa shape index (κ2) is 6.74. The predicted octanol–water partition coefficient (Wildman–Crippen LogP) is -0.813. The zero-order valence-electron chi connectivity index (χ0n) is 11.7. The van der Waals surface area contributed by atoms with E-state index in [1.165, 1.54) is 5.98 Å². The Labute approximate surface area is 125 Å². The van der Waals surface area contributed by atoms with E-state index in [0.717, 1.165) is 5.56 Å². The molecule has 21 heavy (non-hydrogen) atoms. The van der Waals surface area contributed by atoms with Crippen molar-refractivity contribution in [2.45, 2.75) is 0 Å². The Morgan fingerprint density at radius 2 is 2.33 bits per heavy atom. The van der Waals surface area contributed by atoms with Gasteiger partial charge in [-0.2, -0.15) is 0 Å². The molecule has 1 aliphatic heterocycles. The van der Waals surface area contributed by atoms with Gasteiger partial charge in [-0.15, -0.1) is 0 Å². The minimum Gasteiger partial charge on any atom is -0.506 e. The molecule has 1 saturated heterocycles. The number of Topliss-reactive ketones (excluding diaryl/α,β-unsaturated/α-hetero) is 1. The molecule has 5 nitrogen and oxygen atoms in total. The molecule has 1 unspecified atom stereocenters. The molecule has 1 atom stereocenters. The Morgan fingerprint density at radius 3 is 2.95 bits per heavy atom. The normalized spacial score (nSPS) is 19.1. The van der Waals surface area contributed by atoms with Crippen LogP contribution < -0.4 is 5.46 Å². The lowest BCUT2D eigenvalue weighted by molar-refractivity contribution is -0.142. The van der Waals surface area contributed by atoms with Gasteiger partial charge in [-0.1, -0.05) is 35.8 Å². The van der Waals surface area contributed by atoms with Crippen molar-refractivity contribution in [2.75, 3.05) is 20.1 Å². The van der Waals surface area contributed by atoms with Gasteiger partial charge in [0.1, 0.15) is 13.8 Å². The molecule has 1 N–H and O–H groups in total. The lowest BCUT2D eigenvalue weighted by Crippen LogP contribution is -2.30. The van der Waals surface area contributed by atoms with Crippen molar-refractivity contribution in [3.05, 3.63) is 35.8 Å². The maximum atomic E-state index is 11.8. The fraction of sp³-hybridized carbons (Fsp3) is 0.286. The van der Waals surface area contributed by atoms with Crippen molar-refractivity contribution in [2.24, 2.45) is 5.92 Å². The average Bonchev–Trinajstić information content (AvgIpc) is 2.75. The zero-order valence-corrected chi connectivity index (χ0v) is 11.7. The monoisotopic (exact) mass is 283 g/mol. The van der Waals surface area contributed by atoms with Crippen LogP contribution in [0.4, 0.5) is 0 Å². The molecule has 0 bridgehead atoms. The molecule has 1 aromatic carbocycles. The maximum absolute atomic E-state index is 11.8. The van der Waals surface area contributed by atoms with E-state index in [4.69, 9.17) is 12.5 Å². The van der Waals surface area contributed by atoms with Crippen LogP contribution in [0.3, 0.4) is 0 Å². The summed E-state index contributed by atoms with van der Waals surface area (Å²) in [4.78, 5) is 25.1. The molecular formula is C14H15B2NO4. The van der Waals surface area contributed by atoms with Gasteiger partial charge in [-0.05, 0) is 18.6 Å². The van der Waals surface area contributed by atoms with Crippen LogP contribution in [0.1, 0.15) is 5.56 Å². The Hall–Kier alpha value is -1.85. The second-order valence-electron chi connectivity index (χ2n) is 5.07. The number of likely N-dealkylation sites (tertiary alicyclic amines) is 1. The molecule has 0 saturated carbocycles. The Kier molecular flexibility index (Phi) is 4.98. The number of rotatable bonds is 4. The summed E-state index contributed by atoms with van der Waals surface area (Å²) in [6, 6.07) is 7.05. The summed E-state index contributed by atoms with van der Waals surface area (Å²) in [5.74, 6) is -0.371. The van der Waals surface area contributed by atoms with Crippen LogP contribution in [0.5, 0.6) is 0 Å². The van der Waals surface area contributed by atoms with Crippen molar-refractivity contribution in [3.63, 3.8) is 0 Å². The van der Waals surface area contributed by atoms with E-state index < -0.39 is 19.0 Å². The fourth-order valence-electron chi connectivity index (χ4n) is 2.16. The van der Waals surface area contributed by atoms with Gasteiger partial charge in [-0.25, -0.2) is 0 Å². The number of likely N-dealkylation sites (N-methyl/N-ethyl adjacent to an activating group) is 1. The highest BCUT2D eigenvalue weighted by molar-refractivity contribution is 6.52. The van der Waals surface area contributed by atoms with Crippen LogP contribution in [0.15, 0.2) is 30.2 Å². The minimum absolute atomic E-state index is 0.186. The number of ketones is 1. The van der Waals surface area contributed by atoms with Gasteiger partial charge in [0.25, 0.3) is 0 Å². The molecule has 0 amide bonds. The van der Waals surface area contributed by atoms with E-state index in [1.54, 1.807) is 42.3 Å². The van der Waals surface area contributed by atoms with Crippen LogP contribution in [0, 0.1) is 5.92 Å². The number of benzene rings is 1. The zero-order chi connectivity index (χ0) is 15.4. The first-order valence-corrected chi connectivity index (χ1v) is 6.59. The minimum atomic E-state index is -1.39. The molecule has 0 aliphatic carbocycles. The summed E-state index contributed by atoms with van der Waals surface area (Å²) in [5, 5.41) is 9.68. The Bertz CT molecular complexity index is 576. The fourth-order valence-corrected chi connectivity index (χ4v) is 2.16. The predicted molar refractivity (Wildman–Crippen MR) is 80.9 cm³/mol. The highest BCUT2D eigenvalue weighted by atomic mass is 16.6. The van der Waals surface area contributed by atoms with E-state index >= 15 is 0 Å². The number of carbonyl (C=O) groups is 2. The molecule has 2 radical (unpaired) electrons. The molecule has 0 aromatic heterocycles. The maximum Gasteiger partial charge on any atom is 0.554 e. The van der Waals surface area contributed by atoms with E-state index in [9.17, 15) is 14.6 Å². The molecule has 1 heterocycles. The SMILES string of the molecule is [B]c1cccc(/C=C/B(O)OC(=O)C2CN(C)CC2=O)c1. The lowest BCUT2D eigenvalue weighted by Gasteiger charge is -2.10. The van der Waals surface area contributed by atoms with Gasteiger partial charge in [0.15, 0.2) is 5.78 Å². The summed E-state index contributed by atoms with van der Waals surface area (Å²) in [5.41, 5.74) is 1.38. The van der Waals surface area contributed by atoms with Crippen molar-refractivity contribution in [3.8, 4) is 0 Å². The van der Waals surface area contributed by atoms with Gasteiger partial charge >= 0.3 is 13.1 Å². The summed E-state index contributed by atoms with van der Waals surface area (Å²) in [6.45, 7) is 0.554. The van der Waals surface area contributed by atoms with Crippen molar-refractivity contribution < 1.29 is 19.3 Å². The largest absolute Gasteiger partial charge is 0.554 e. The van der Waals surface area contributed by atoms with Gasteiger partial charge < -0.3 is 9.68 Å². The van der Waals surface area contributed by atoms with Gasteiger partial charge in [0.05, 0.1) is 6.54 Å². The van der Waals surface area contributed by atoms with Gasteiger partial charge in [0.2, 0.25) is 0 Å². The van der Waals surface area contributed by atoms with E-state index in [0.29, 0.717) is 12.0 Å². The summed E-state index contributed by atoms with van der Waals surface area (Å²) in [7, 11) is 5.99. The molecular weight excluding hydrogens is 268 g/mol. The van der Waals surface area contributed by atoms with E-state index in [-0.39, 0.29) is 12.3 Å². The van der Waals surface area contributed by atoms with E-state index in [2.05, 4.69) is 0 Å². The van der Waals surface area contributed by atoms with Crippen molar-refractivity contribution in [1.82, 2.24) is 4.90 Å². The highest BCUT2D eigenvalue weighted by Crippen LogP contribution is 2.13. The second-order valence-corrected chi connectivity index (χ2v) is 5.07. The third kappa shape index (κ3) is 4.31. The molecule has 1 aromatic rings. The van der Waals surface area contributed by atoms with Gasteiger partial charge in [-0.3, -0.25) is 14.5 Å². The third-order valence-electron chi connectivity index (χ3n) is 3.19. The average molecular weight is 283 g/mol. The topological polar surface area (TPSA) is 66.8 Å². The van der Waals surface area contributed by atoms with Crippen LogP contribution in [0.2, 0.25) is 0 Å². The molecule has 106 valence electrons. The number of carbonyl (C=O) groups excluding carboxylic acids is 2. The van der Waals surface area contributed by atoms with Gasteiger partial charge in [0, 0.05) is 6.54 Å². The molecule has 0 spiro atoms. The first kappa shape index (κ1) is 15.5. The Morgan fingerprint density at radius 1 is 1.57 bits per heavy atom. The first-order chi connectivity index (χ1) is 9.95. The molecule has 1 fully saturated rings. The quantitative estimate of drug-likeness (QED) is 0.578. The van der Waals surface area contributed by atoms with Crippen LogP contribution in [-0.2, 0) is 14.2 Å². The summed E-state index contributed by atoms with van der Waals surface area (Å²) >= 11 is 0. The third-order valence-corrected chi connectivity index (χ3v) is 3.19. The van der Waals surface area contributed by atoms with Crippen LogP contribution in [-0.4, -0.2) is 56.8 Å². The van der Waals surface area contributed by atoms with E-state index in [1.807, 2.05) is 0 Å². The van der Waals surface area contributed by atoms with Crippen molar-refractivity contribution >= 4 is 38.3 Å². The summed E-state index contributed by atoms with van der Waals surface area (Å²) < 4.78 is 4.86. The number of hydrogen-bond acceptors (Lipinski definition) is 5. The van der Waals surface area contributed by atoms with Crippen LogP contribution in [0.25, 0.3) is 6.08 Å². The molecule has 7 heteroatoms. The van der Waals surface area contributed by atoms with Crippen LogP contribution >= 0.6 is 0 Å². The Balaban J connectivity index is 1.91. The molecule has 1 aliphatic rings. The number of nitrogens with zero attached hydrogens (tertiary/aromatic N) is 1.